The number of benzene rings is 1. The lowest BCUT2D eigenvalue weighted by Gasteiger charge is -2.20. The molecule has 0 radical (unpaired) electrons. The van der Waals surface area contributed by atoms with Gasteiger partial charge in [-0.2, -0.15) is 5.10 Å². The second-order valence-electron chi connectivity index (χ2n) is 5.12. The van der Waals surface area contributed by atoms with Crippen molar-refractivity contribution in [3.05, 3.63) is 42.7 Å². The van der Waals surface area contributed by atoms with Crippen LogP contribution in [-0.4, -0.2) is 22.9 Å². The van der Waals surface area contributed by atoms with Crippen molar-refractivity contribution in [3.63, 3.8) is 0 Å². The van der Waals surface area contributed by atoms with E-state index in [0.29, 0.717) is 11.8 Å². The topological polar surface area (TPSA) is 55.9 Å². The van der Waals surface area contributed by atoms with Gasteiger partial charge in [-0.15, -0.1) is 0 Å². The SMILES string of the molecule is CC(C)C(CN)CNc1ccc(-n2cccn2)cc1. The maximum atomic E-state index is 5.77. The second kappa shape index (κ2) is 6.38. The van der Waals surface area contributed by atoms with Crippen LogP contribution in [0.3, 0.4) is 0 Å². The first-order valence-corrected chi connectivity index (χ1v) is 6.74. The lowest BCUT2D eigenvalue weighted by Crippen LogP contribution is -2.27. The van der Waals surface area contributed by atoms with Crippen molar-refractivity contribution < 1.29 is 0 Å². The number of rotatable bonds is 6. The van der Waals surface area contributed by atoms with Crippen LogP contribution in [0.5, 0.6) is 0 Å². The molecule has 19 heavy (non-hydrogen) atoms. The second-order valence-corrected chi connectivity index (χ2v) is 5.12. The molecule has 0 aliphatic rings. The van der Waals surface area contributed by atoms with Gasteiger partial charge in [0.05, 0.1) is 5.69 Å². The van der Waals surface area contributed by atoms with Crippen molar-refractivity contribution in [1.82, 2.24) is 9.78 Å². The van der Waals surface area contributed by atoms with Gasteiger partial charge in [-0.1, -0.05) is 13.8 Å². The van der Waals surface area contributed by atoms with E-state index in [1.807, 2.05) is 16.9 Å². The van der Waals surface area contributed by atoms with Gasteiger partial charge in [0.25, 0.3) is 0 Å². The quantitative estimate of drug-likeness (QED) is 0.837. The third-order valence-corrected chi connectivity index (χ3v) is 3.45. The zero-order valence-electron chi connectivity index (χ0n) is 11.6. The van der Waals surface area contributed by atoms with E-state index >= 15 is 0 Å². The number of hydrogen-bond acceptors (Lipinski definition) is 3. The van der Waals surface area contributed by atoms with Gasteiger partial charge in [-0.3, -0.25) is 0 Å². The molecule has 0 bridgehead atoms. The highest BCUT2D eigenvalue weighted by Gasteiger charge is 2.10. The molecule has 0 spiro atoms. The van der Waals surface area contributed by atoms with Gasteiger partial charge in [0.1, 0.15) is 0 Å². The van der Waals surface area contributed by atoms with Gasteiger partial charge < -0.3 is 11.1 Å². The molecule has 1 aromatic carbocycles. The standard InChI is InChI=1S/C15H22N4/c1-12(2)13(10-16)11-17-14-4-6-15(7-5-14)19-9-3-8-18-19/h3-9,12-13,17H,10-11,16H2,1-2H3. The number of hydrogen-bond donors (Lipinski definition) is 2. The van der Waals surface area contributed by atoms with Crippen molar-refractivity contribution in [1.29, 1.82) is 0 Å². The van der Waals surface area contributed by atoms with E-state index in [-0.39, 0.29) is 0 Å². The minimum atomic E-state index is 0.505. The lowest BCUT2D eigenvalue weighted by atomic mass is 9.96. The van der Waals surface area contributed by atoms with Crippen LogP contribution in [0.4, 0.5) is 5.69 Å². The molecule has 1 heterocycles. The molecular formula is C15H22N4. The molecule has 0 amide bonds. The van der Waals surface area contributed by atoms with E-state index < -0.39 is 0 Å². The Hall–Kier alpha value is -1.81. The van der Waals surface area contributed by atoms with Crippen LogP contribution in [0.25, 0.3) is 5.69 Å². The Kier molecular flexibility index (Phi) is 4.58. The number of nitrogens with one attached hydrogen (secondary N) is 1. The van der Waals surface area contributed by atoms with E-state index in [2.05, 4.69) is 48.5 Å². The molecule has 0 saturated carbocycles. The Labute approximate surface area is 114 Å². The summed E-state index contributed by atoms with van der Waals surface area (Å²) in [5, 5.41) is 7.65. The van der Waals surface area contributed by atoms with Crippen LogP contribution in [0.2, 0.25) is 0 Å². The predicted octanol–water partition coefficient (Wildman–Crippen LogP) is 2.52. The normalized spacial score (nSPS) is 12.6. The van der Waals surface area contributed by atoms with Gasteiger partial charge >= 0.3 is 0 Å². The van der Waals surface area contributed by atoms with E-state index in [1.165, 1.54) is 0 Å². The smallest absolute Gasteiger partial charge is 0.0647 e. The average Bonchev–Trinajstić information content (AvgIpc) is 2.94. The molecule has 0 saturated heterocycles. The minimum Gasteiger partial charge on any atom is -0.385 e. The van der Waals surface area contributed by atoms with Crippen LogP contribution in [0.15, 0.2) is 42.7 Å². The Bertz CT molecular complexity index is 473. The van der Waals surface area contributed by atoms with E-state index in [0.717, 1.165) is 24.5 Å². The average molecular weight is 258 g/mol. The summed E-state index contributed by atoms with van der Waals surface area (Å²) >= 11 is 0. The van der Waals surface area contributed by atoms with Crippen LogP contribution < -0.4 is 11.1 Å². The first-order chi connectivity index (χ1) is 9.20. The van der Waals surface area contributed by atoms with Crippen molar-refractivity contribution in [2.45, 2.75) is 13.8 Å². The predicted molar refractivity (Wildman–Crippen MR) is 79.4 cm³/mol. The summed E-state index contributed by atoms with van der Waals surface area (Å²) in [4.78, 5) is 0. The summed E-state index contributed by atoms with van der Waals surface area (Å²) in [7, 11) is 0. The maximum absolute atomic E-state index is 5.77. The highest BCUT2D eigenvalue weighted by atomic mass is 15.3. The molecule has 102 valence electrons. The van der Waals surface area contributed by atoms with Gasteiger partial charge in [-0.25, -0.2) is 4.68 Å². The third kappa shape index (κ3) is 3.58. The van der Waals surface area contributed by atoms with E-state index in [9.17, 15) is 0 Å². The molecule has 2 rings (SSSR count). The summed E-state index contributed by atoms with van der Waals surface area (Å²) in [5.74, 6) is 1.10. The van der Waals surface area contributed by atoms with Crippen LogP contribution in [-0.2, 0) is 0 Å². The molecule has 2 aromatic rings. The fraction of sp³-hybridized carbons (Fsp3) is 0.400. The van der Waals surface area contributed by atoms with E-state index in [1.54, 1.807) is 6.20 Å². The van der Waals surface area contributed by atoms with Gasteiger partial charge in [0, 0.05) is 24.6 Å². The molecular weight excluding hydrogens is 236 g/mol. The van der Waals surface area contributed by atoms with Crippen LogP contribution in [0, 0.1) is 11.8 Å². The molecule has 3 N–H and O–H groups in total. The van der Waals surface area contributed by atoms with Crippen molar-refractivity contribution in [2.75, 3.05) is 18.4 Å². The molecule has 0 aliphatic heterocycles. The molecule has 4 heteroatoms. The minimum absolute atomic E-state index is 0.505. The summed E-state index contributed by atoms with van der Waals surface area (Å²) in [5.41, 5.74) is 7.96. The Morgan fingerprint density at radius 3 is 2.53 bits per heavy atom. The number of nitrogens with zero attached hydrogens (tertiary/aromatic N) is 2. The summed E-state index contributed by atoms with van der Waals surface area (Å²) in [6, 6.07) is 10.2. The van der Waals surface area contributed by atoms with Crippen molar-refractivity contribution in [3.8, 4) is 5.69 Å². The molecule has 1 aromatic heterocycles. The highest BCUT2D eigenvalue weighted by molar-refractivity contribution is 5.48. The molecule has 1 unspecified atom stereocenters. The van der Waals surface area contributed by atoms with Crippen molar-refractivity contribution >= 4 is 5.69 Å². The summed E-state index contributed by atoms with van der Waals surface area (Å²) in [6.07, 6.45) is 3.71. The fourth-order valence-corrected chi connectivity index (χ4v) is 1.99. The third-order valence-electron chi connectivity index (χ3n) is 3.45. The summed E-state index contributed by atoms with van der Waals surface area (Å²) in [6.45, 7) is 6.05. The molecule has 0 aliphatic carbocycles. The number of nitrogens with two attached hydrogens (primary N) is 1. The maximum Gasteiger partial charge on any atom is 0.0647 e. The number of aromatic nitrogens is 2. The van der Waals surface area contributed by atoms with Gasteiger partial charge in [0.2, 0.25) is 0 Å². The van der Waals surface area contributed by atoms with Crippen molar-refractivity contribution in [2.24, 2.45) is 17.6 Å². The van der Waals surface area contributed by atoms with Gasteiger partial charge in [-0.05, 0) is 48.7 Å². The Morgan fingerprint density at radius 1 is 1.26 bits per heavy atom. The fourth-order valence-electron chi connectivity index (χ4n) is 1.99. The molecule has 0 fully saturated rings. The lowest BCUT2D eigenvalue weighted by molar-refractivity contribution is 0.413. The van der Waals surface area contributed by atoms with Crippen LogP contribution >= 0.6 is 0 Å². The Balaban J connectivity index is 1.96. The monoisotopic (exact) mass is 258 g/mol. The first-order valence-electron chi connectivity index (χ1n) is 6.74. The summed E-state index contributed by atoms with van der Waals surface area (Å²) < 4.78 is 1.85. The number of anilines is 1. The van der Waals surface area contributed by atoms with Gasteiger partial charge in [0.15, 0.2) is 0 Å². The highest BCUT2D eigenvalue weighted by Crippen LogP contribution is 2.15. The Morgan fingerprint density at radius 2 is 2.00 bits per heavy atom. The van der Waals surface area contributed by atoms with Crippen LogP contribution in [0.1, 0.15) is 13.8 Å². The molecule has 4 nitrogen and oxygen atoms in total. The largest absolute Gasteiger partial charge is 0.385 e. The zero-order chi connectivity index (χ0) is 13.7. The first kappa shape index (κ1) is 13.6. The zero-order valence-corrected chi connectivity index (χ0v) is 11.6. The molecule has 1 atom stereocenters. The van der Waals surface area contributed by atoms with E-state index in [4.69, 9.17) is 5.73 Å².